The molecule has 0 aliphatic carbocycles. The molecule has 2 nitrogen and oxygen atoms in total. The van der Waals surface area contributed by atoms with Crippen LogP contribution in [0.1, 0.15) is 20.8 Å². The van der Waals surface area contributed by atoms with E-state index in [2.05, 4.69) is 0 Å². The summed E-state index contributed by atoms with van der Waals surface area (Å²) in [5.74, 6) is -0.312. The standard InChI is InChI=1S/C5H9O2.Li/c1-4(6)5(2,3)7;/h1-3H3;/q-1;+1. The van der Waals surface area contributed by atoms with Crippen LogP contribution in [0.4, 0.5) is 0 Å². The van der Waals surface area contributed by atoms with Crippen molar-refractivity contribution in [2.45, 2.75) is 26.4 Å². The molecular weight excluding hydrogens is 99.0 g/mol. The van der Waals surface area contributed by atoms with Crippen LogP contribution in [0.2, 0.25) is 0 Å². The Kier molecular flexibility index (Phi) is 4.56. The van der Waals surface area contributed by atoms with Gasteiger partial charge in [0.05, 0.1) is 0 Å². The van der Waals surface area contributed by atoms with Crippen molar-refractivity contribution in [3.05, 3.63) is 0 Å². The molecule has 0 fully saturated rings. The maximum atomic E-state index is 10.5. The van der Waals surface area contributed by atoms with Gasteiger partial charge in [-0.3, -0.25) is 0 Å². The predicted molar refractivity (Wildman–Crippen MR) is 24.8 cm³/mol. The number of rotatable bonds is 1. The Morgan fingerprint density at radius 1 is 1.50 bits per heavy atom. The van der Waals surface area contributed by atoms with E-state index in [1.54, 1.807) is 0 Å². The summed E-state index contributed by atoms with van der Waals surface area (Å²) >= 11 is 0. The van der Waals surface area contributed by atoms with E-state index in [9.17, 15) is 9.90 Å². The van der Waals surface area contributed by atoms with E-state index in [4.69, 9.17) is 0 Å². The molecule has 0 aromatic heterocycles. The van der Waals surface area contributed by atoms with E-state index in [-0.39, 0.29) is 24.6 Å². The fourth-order valence-electron chi connectivity index (χ4n) is 0. The minimum atomic E-state index is -1.39. The predicted octanol–water partition coefficient (Wildman–Crippen LogP) is -3.28. The molecular formula is C5H9LiO2. The molecule has 0 radical (unpaired) electrons. The Morgan fingerprint density at radius 2 is 1.62 bits per heavy atom. The Bertz CT molecular complexity index is 82.9. The minimum Gasteiger partial charge on any atom is -0.844 e. The van der Waals surface area contributed by atoms with Crippen molar-refractivity contribution in [3.8, 4) is 0 Å². The summed E-state index contributed by atoms with van der Waals surface area (Å²) in [4.78, 5) is 10.2. The summed E-state index contributed by atoms with van der Waals surface area (Å²) in [7, 11) is 0. The first-order valence-electron chi connectivity index (χ1n) is 2.16. The average Bonchev–Trinajstić information content (AvgIpc) is 1.31. The zero-order valence-electron chi connectivity index (χ0n) is 5.82. The molecule has 0 saturated carbocycles. The van der Waals surface area contributed by atoms with Crippen LogP contribution in [-0.4, -0.2) is 11.4 Å². The maximum Gasteiger partial charge on any atom is 1.00 e. The van der Waals surface area contributed by atoms with Crippen molar-refractivity contribution in [1.29, 1.82) is 0 Å². The first-order chi connectivity index (χ1) is 2.94. The summed E-state index contributed by atoms with van der Waals surface area (Å²) in [6, 6.07) is 0. The number of carbonyl (C=O) groups is 1. The first-order valence-corrected chi connectivity index (χ1v) is 2.16. The van der Waals surface area contributed by atoms with E-state index in [0.717, 1.165) is 0 Å². The quantitative estimate of drug-likeness (QED) is 0.330. The monoisotopic (exact) mass is 108 g/mol. The molecule has 0 N–H and O–H groups in total. The summed E-state index contributed by atoms with van der Waals surface area (Å²) in [6.07, 6.45) is 0. The van der Waals surface area contributed by atoms with Crippen molar-refractivity contribution in [2.75, 3.05) is 0 Å². The molecule has 0 aliphatic heterocycles. The third kappa shape index (κ3) is 4.39. The van der Waals surface area contributed by atoms with Crippen molar-refractivity contribution in [3.63, 3.8) is 0 Å². The molecule has 42 valence electrons. The molecule has 0 saturated heterocycles. The molecule has 0 bridgehead atoms. The van der Waals surface area contributed by atoms with Crippen LogP contribution in [0.5, 0.6) is 0 Å². The number of Topliss-reactive ketones (excluding diaryl/α,β-unsaturated/α-hetero) is 1. The van der Waals surface area contributed by atoms with Crippen LogP contribution in [0.15, 0.2) is 0 Å². The van der Waals surface area contributed by atoms with Crippen molar-refractivity contribution in [1.82, 2.24) is 0 Å². The van der Waals surface area contributed by atoms with Gasteiger partial charge in [-0.25, -0.2) is 0 Å². The normalized spacial score (nSPS) is 10.0. The third-order valence-corrected chi connectivity index (χ3v) is 0.848. The van der Waals surface area contributed by atoms with Crippen LogP contribution in [-0.2, 0) is 4.79 Å². The molecule has 0 aromatic rings. The van der Waals surface area contributed by atoms with Gasteiger partial charge >= 0.3 is 18.9 Å². The zero-order valence-corrected chi connectivity index (χ0v) is 5.82. The summed E-state index contributed by atoms with van der Waals surface area (Å²) in [5, 5.41) is 10.5. The van der Waals surface area contributed by atoms with Crippen molar-refractivity contribution < 1.29 is 28.8 Å². The second kappa shape index (κ2) is 3.29. The van der Waals surface area contributed by atoms with E-state index >= 15 is 0 Å². The van der Waals surface area contributed by atoms with E-state index < -0.39 is 5.60 Å². The smallest absolute Gasteiger partial charge is 0.844 e. The second-order valence-electron chi connectivity index (χ2n) is 2.07. The molecule has 0 rings (SSSR count). The fraction of sp³-hybridized carbons (Fsp3) is 0.800. The topological polar surface area (TPSA) is 40.1 Å². The molecule has 8 heavy (non-hydrogen) atoms. The van der Waals surface area contributed by atoms with Crippen LogP contribution in [0, 0.1) is 0 Å². The van der Waals surface area contributed by atoms with Crippen molar-refractivity contribution in [2.24, 2.45) is 0 Å². The van der Waals surface area contributed by atoms with Gasteiger partial charge in [-0.15, -0.1) is 0 Å². The zero-order chi connectivity index (χ0) is 6.08. The molecule has 0 unspecified atom stereocenters. The van der Waals surface area contributed by atoms with Gasteiger partial charge < -0.3 is 9.90 Å². The average molecular weight is 108 g/mol. The molecule has 0 amide bonds. The van der Waals surface area contributed by atoms with Gasteiger partial charge in [-0.05, 0) is 6.92 Å². The number of hydrogen-bond donors (Lipinski definition) is 0. The van der Waals surface area contributed by atoms with Gasteiger partial charge in [0.2, 0.25) is 0 Å². The SMILES string of the molecule is CC(=O)C(C)(C)[O-].[Li+]. The van der Waals surface area contributed by atoms with Gasteiger partial charge in [0, 0.05) is 0 Å². The molecule has 0 aliphatic rings. The summed E-state index contributed by atoms with van der Waals surface area (Å²) < 4.78 is 0. The number of carbonyl (C=O) groups excluding carboxylic acids is 1. The van der Waals surface area contributed by atoms with Crippen LogP contribution in [0.25, 0.3) is 0 Å². The molecule has 0 spiro atoms. The van der Waals surface area contributed by atoms with Gasteiger partial charge in [-0.2, -0.15) is 0 Å². The van der Waals surface area contributed by atoms with E-state index in [0.29, 0.717) is 0 Å². The van der Waals surface area contributed by atoms with Gasteiger partial charge in [0.1, 0.15) is 5.78 Å². The Morgan fingerprint density at radius 3 is 1.62 bits per heavy atom. The van der Waals surface area contributed by atoms with E-state index in [1.165, 1.54) is 20.8 Å². The Labute approximate surface area is 61.5 Å². The van der Waals surface area contributed by atoms with Crippen molar-refractivity contribution >= 4 is 5.78 Å². The number of hydrogen-bond acceptors (Lipinski definition) is 2. The summed E-state index contributed by atoms with van der Waals surface area (Å²) in [5.41, 5.74) is -1.39. The molecule has 0 atom stereocenters. The molecule has 3 heteroatoms. The molecule has 0 aromatic carbocycles. The van der Waals surface area contributed by atoms with Crippen LogP contribution >= 0.6 is 0 Å². The second-order valence-corrected chi connectivity index (χ2v) is 2.07. The van der Waals surface area contributed by atoms with Gasteiger partial charge in [0.15, 0.2) is 0 Å². The molecule has 0 heterocycles. The van der Waals surface area contributed by atoms with Crippen LogP contribution < -0.4 is 24.0 Å². The minimum absolute atomic E-state index is 0. The third-order valence-electron chi connectivity index (χ3n) is 0.848. The Hall–Kier alpha value is 0.227. The first kappa shape index (κ1) is 11.1. The van der Waals surface area contributed by atoms with E-state index in [1.807, 2.05) is 0 Å². The number of ketones is 1. The summed E-state index contributed by atoms with van der Waals surface area (Å²) in [6.45, 7) is 4.01. The largest absolute Gasteiger partial charge is 1.00 e. The maximum absolute atomic E-state index is 10.5. The van der Waals surface area contributed by atoms with Gasteiger partial charge in [0.25, 0.3) is 0 Å². The fourth-order valence-corrected chi connectivity index (χ4v) is 0. The Balaban J connectivity index is 0. The van der Waals surface area contributed by atoms with Gasteiger partial charge in [-0.1, -0.05) is 19.4 Å². The van der Waals surface area contributed by atoms with Crippen LogP contribution in [0.3, 0.4) is 0 Å².